The van der Waals surface area contributed by atoms with Gasteiger partial charge in [-0.05, 0) is 11.6 Å². The first-order chi connectivity index (χ1) is 17.5. The van der Waals surface area contributed by atoms with Crippen LogP contribution in [0.5, 0.6) is 0 Å². The second-order valence-corrected chi connectivity index (χ2v) is 9.84. The van der Waals surface area contributed by atoms with Crippen LogP contribution in [0.1, 0.15) is 18.1 Å². The smallest absolute Gasteiger partial charge is 0.450 e. The Bertz CT molecular complexity index is 1120. The van der Waals surface area contributed by atoms with Crippen LogP contribution in [0.15, 0.2) is 48.5 Å². The minimum absolute atomic E-state index is 0.0130. The van der Waals surface area contributed by atoms with Crippen LogP contribution in [0.25, 0.3) is 0 Å². The average molecular weight is 549 g/mol. The molecule has 3 N–H and O–H groups in total. The van der Waals surface area contributed by atoms with Crippen LogP contribution in [0, 0.1) is 0 Å². The molecular formula is C21H23F3N3O9P. The van der Waals surface area contributed by atoms with Crippen molar-refractivity contribution < 1.29 is 55.5 Å². The lowest BCUT2D eigenvalue weighted by Crippen LogP contribution is -2.45. The highest BCUT2D eigenvalue weighted by atomic mass is 31.2. The number of pyridine rings is 1. The molecule has 1 aromatic rings. The number of esters is 1. The number of nitrogens with zero attached hydrogens (tertiary/aromatic N) is 2. The summed E-state index contributed by atoms with van der Waals surface area (Å²) < 4.78 is 77.9. The van der Waals surface area contributed by atoms with Gasteiger partial charge in [0.1, 0.15) is 12.2 Å². The van der Waals surface area contributed by atoms with Crippen LogP contribution in [0.2, 0.25) is 0 Å². The number of carbonyl (C=O) groups is 2. The molecule has 37 heavy (non-hydrogen) atoms. The first-order valence-electron chi connectivity index (χ1n) is 11.0. The maximum atomic E-state index is 13.1. The highest BCUT2D eigenvalue weighted by molar-refractivity contribution is 7.48. The van der Waals surface area contributed by atoms with Crippen molar-refractivity contribution in [3.8, 4) is 0 Å². The number of aliphatic hydroxyl groups excluding tert-OH is 1. The van der Waals surface area contributed by atoms with Gasteiger partial charge in [0.15, 0.2) is 12.3 Å². The van der Waals surface area contributed by atoms with Crippen molar-refractivity contribution in [3.63, 3.8) is 0 Å². The van der Waals surface area contributed by atoms with Gasteiger partial charge in [0, 0.05) is 31.6 Å². The molecule has 202 valence electrons. The number of carbonyl (C=O) groups excluding carboxylic acids is 2. The van der Waals surface area contributed by atoms with Crippen LogP contribution >= 0.6 is 7.82 Å². The van der Waals surface area contributed by atoms with Crippen LogP contribution in [-0.4, -0.2) is 77.3 Å². The molecule has 3 aliphatic rings. The van der Waals surface area contributed by atoms with Gasteiger partial charge in [0.05, 0.1) is 24.9 Å². The summed E-state index contributed by atoms with van der Waals surface area (Å²) in [6.07, 6.45) is -5.04. The highest BCUT2D eigenvalue weighted by Crippen LogP contribution is 2.57. The van der Waals surface area contributed by atoms with Crippen molar-refractivity contribution in [2.75, 3.05) is 19.8 Å². The van der Waals surface area contributed by atoms with Gasteiger partial charge < -0.3 is 25.2 Å². The molecule has 0 saturated carbocycles. The number of hydrogen-bond acceptors (Lipinski definition) is 11. The number of halogens is 3. The van der Waals surface area contributed by atoms with Crippen LogP contribution in [-0.2, 0) is 37.2 Å². The van der Waals surface area contributed by atoms with Crippen molar-refractivity contribution in [2.45, 2.75) is 43.2 Å². The van der Waals surface area contributed by atoms with Crippen LogP contribution in [0.4, 0.5) is 13.2 Å². The number of alkyl halides is 3. The molecule has 0 radical (unpaired) electrons. The summed E-state index contributed by atoms with van der Waals surface area (Å²) in [5, 5.41) is 10.7. The summed E-state index contributed by atoms with van der Waals surface area (Å²) in [7, 11) is -4.23. The Morgan fingerprint density at radius 2 is 2.14 bits per heavy atom. The zero-order valence-electron chi connectivity index (χ0n) is 19.0. The van der Waals surface area contributed by atoms with E-state index in [1.807, 2.05) is 0 Å². The Hall–Kier alpha value is -2.81. The first-order valence-corrected chi connectivity index (χ1v) is 12.5. The second-order valence-electron chi connectivity index (χ2n) is 8.22. The van der Waals surface area contributed by atoms with E-state index in [1.54, 1.807) is 18.3 Å². The zero-order valence-corrected chi connectivity index (χ0v) is 19.9. The average Bonchev–Trinajstić information content (AvgIpc) is 3.18. The van der Waals surface area contributed by atoms with Gasteiger partial charge in [-0.25, -0.2) is 9.36 Å². The van der Waals surface area contributed by atoms with Gasteiger partial charge >= 0.3 is 20.0 Å². The molecule has 4 heterocycles. The molecule has 3 aliphatic heterocycles. The van der Waals surface area contributed by atoms with Crippen molar-refractivity contribution in [2.24, 2.45) is 5.73 Å². The molecule has 0 spiro atoms. The third kappa shape index (κ3) is 6.37. The molecule has 2 fully saturated rings. The fourth-order valence-corrected chi connectivity index (χ4v) is 5.29. The summed E-state index contributed by atoms with van der Waals surface area (Å²) in [5.74, 6) is -3.35. The van der Waals surface area contributed by atoms with E-state index >= 15 is 0 Å². The maximum Gasteiger partial charge on any atom is 0.490 e. The van der Waals surface area contributed by atoms with E-state index in [4.69, 9.17) is 24.0 Å². The quantitative estimate of drug-likeness (QED) is 0.375. The summed E-state index contributed by atoms with van der Waals surface area (Å²) in [6, 6.07) is 3.35. The number of phosphoric acid groups is 1. The number of nitrogens with two attached hydrogens (primary N) is 1. The molecule has 12 nitrogen and oxygen atoms in total. The van der Waals surface area contributed by atoms with Crippen LogP contribution in [0.3, 0.4) is 0 Å². The number of primary amides is 1. The van der Waals surface area contributed by atoms with Gasteiger partial charge in [-0.2, -0.15) is 13.2 Å². The minimum atomic E-state index is -5.35. The summed E-state index contributed by atoms with van der Waals surface area (Å²) in [4.78, 5) is 28.3. The Morgan fingerprint density at radius 1 is 1.35 bits per heavy atom. The van der Waals surface area contributed by atoms with E-state index in [9.17, 15) is 32.4 Å². The zero-order chi connectivity index (χ0) is 26.8. The third-order valence-electron chi connectivity index (χ3n) is 5.65. The molecule has 6 atom stereocenters. The fraction of sp³-hybridized carbons (Fsp3) is 0.476. The van der Waals surface area contributed by atoms with Gasteiger partial charge in [-0.3, -0.25) is 23.3 Å². The lowest BCUT2D eigenvalue weighted by Gasteiger charge is -2.30. The Labute approximate surface area is 208 Å². The van der Waals surface area contributed by atoms with E-state index in [1.165, 1.54) is 29.4 Å². The van der Waals surface area contributed by atoms with Crippen molar-refractivity contribution in [1.82, 2.24) is 9.88 Å². The molecule has 2 saturated heterocycles. The van der Waals surface area contributed by atoms with E-state index in [2.05, 4.69) is 9.72 Å². The predicted octanol–water partition coefficient (Wildman–Crippen LogP) is 1.49. The van der Waals surface area contributed by atoms with Gasteiger partial charge in [0.25, 0.3) is 0 Å². The number of rotatable bonds is 7. The summed E-state index contributed by atoms with van der Waals surface area (Å²) in [5.41, 5.74) is 5.91. The largest absolute Gasteiger partial charge is 0.490 e. The number of phosphoric ester groups is 1. The Balaban J connectivity index is 1.50. The van der Waals surface area contributed by atoms with Gasteiger partial charge in [-0.15, -0.1) is 0 Å². The number of aromatic nitrogens is 1. The molecule has 4 rings (SSSR count). The van der Waals surface area contributed by atoms with E-state index in [0.29, 0.717) is 12.0 Å². The SMILES string of the molecule is NC(=O)C1=CN([C@@H]2OC(COP3(=O)OCCC(c4cccnc4)O3)[C@@H](OC(=O)C(F)(F)F)[C@H]2O)CC=C1. The molecule has 16 heteroatoms. The highest BCUT2D eigenvalue weighted by Gasteiger charge is 2.53. The molecule has 1 amide bonds. The fourth-order valence-electron chi connectivity index (χ4n) is 3.90. The van der Waals surface area contributed by atoms with Crippen molar-refractivity contribution >= 4 is 19.7 Å². The standard InChI is InChI=1S/C21H23F3N3O9P/c22-21(23,24)20(30)35-17-15(34-19(16(17)28)27-7-2-4-13(10-27)18(25)29)11-33-37(31)32-8-5-14(36-37)12-3-1-6-26-9-12/h1-4,6,9-10,14-17,19,28H,5,7-8,11H2,(H2,25,29)/t14?,15?,16-,17-,19-,37?/m1/s1. The third-order valence-corrected chi connectivity index (χ3v) is 7.13. The van der Waals surface area contributed by atoms with E-state index < -0.39 is 63.1 Å². The van der Waals surface area contributed by atoms with Crippen molar-refractivity contribution in [1.29, 1.82) is 0 Å². The number of hydrogen-bond donors (Lipinski definition) is 2. The summed E-state index contributed by atoms with van der Waals surface area (Å²) in [6.45, 7) is -0.652. The molecule has 1 aromatic heterocycles. The molecule has 3 unspecified atom stereocenters. The molecular weight excluding hydrogens is 526 g/mol. The maximum absolute atomic E-state index is 13.1. The lowest BCUT2D eigenvalue weighted by atomic mass is 10.1. The minimum Gasteiger partial charge on any atom is -0.450 e. The van der Waals surface area contributed by atoms with Crippen LogP contribution < -0.4 is 5.73 Å². The first kappa shape index (κ1) is 27.2. The number of amides is 1. The molecule has 0 aromatic carbocycles. The number of ether oxygens (including phenoxy) is 2. The van der Waals surface area contributed by atoms with Crippen molar-refractivity contribution in [3.05, 3.63) is 54.0 Å². The number of aliphatic hydroxyl groups is 1. The Morgan fingerprint density at radius 3 is 2.81 bits per heavy atom. The van der Waals surface area contributed by atoms with Gasteiger partial charge in [0.2, 0.25) is 5.91 Å². The predicted molar refractivity (Wildman–Crippen MR) is 116 cm³/mol. The van der Waals surface area contributed by atoms with E-state index in [0.717, 1.165) is 0 Å². The lowest BCUT2D eigenvalue weighted by molar-refractivity contribution is -0.210. The monoisotopic (exact) mass is 549 g/mol. The topological polar surface area (TPSA) is 160 Å². The van der Waals surface area contributed by atoms with E-state index in [-0.39, 0.29) is 18.7 Å². The molecule has 0 bridgehead atoms. The summed E-state index contributed by atoms with van der Waals surface area (Å²) >= 11 is 0. The van der Waals surface area contributed by atoms with Gasteiger partial charge in [-0.1, -0.05) is 18.2 Å². The normalized spacial score (nSPS) is 32.2. The Kier molecular flexibility index (Phi) is 8.02. The molecule has 0 aliphatic carbocycles. The second kappa shape index (κ2) is 10.9.